The first-order valence-corrected chi connectivity index (χ1v) is 3.63. The fourth-order valence-corrected chi connectivity index (χ4v) is 0.876. The van der Waals surface area contributed by atoms with Gasteiger partial charge >= 0.3 is 0 Å². The molecule has 0 atom stereocenters. The number of rotatable bonds is 2. The number of aryl methyl sites for hydroxylation is 1. The van der Waals surface area contributed by atoms with E-state index in [1.54, 1.807) is 0 Å². The zero-order valence-corrected chi connectivity index (χ0v) is 6.52. The first kappa shape index (κ1) is 7.13. The van der Waals surface area contributed by atoms with Gasteiger partial charge in [-0.25, -0.2) is 0 Å². The number of benzene rings is 1. The molecule has 56 valence electrons. The Labute approximate surface area is 63.6 Å². The molecule has 0 saturated carbocycles. The Morgan fingerprint density at radius 1 is 1.30 bits per heavy atom. The van der Waals surface area contributed by atoms with Crippen LogP contribution in [0.5, 0.6) is 0 Å². The maximum Gasteiger partial charge on any atom is 0.0340 e. The summed E-state index contributed by atoms with van der Waals surface area (Å²) in [7, 11) is 0. The van der Waals surface area contributed by atoms with Crippen LogP contribution in [0.1, 0.15) is 13.9 Å². The van der Waals surface area contributed by atoms with Crippen LogP contribution in [-0.4, -0.2) is 6.54 Å². The Hall–Kier alpha value is -0.980. The Morgan fingerprint density at radius 3 is 2.40 bits per heavy atom. The van der Waals surface area contributed by atoms with Gasteiger partial charge in [-0.05, 0) is 26.0 Å². The SMILES string of the molecule is CCNc1ccc(C)cc1.[HH]. The summed E-state index contributed by atoms with van der Waals surface area (Å²) < 4.78 is 0. The molecular formula is C9H15N. The molecule has 1 heteroatoms. The van der Waals surface area contributed by atoms with Crippen LogP contribution in [0.2, 0.25) is 0 Å². The molecule has 1 nitrogen and oxygen atoms in total. The van der Waals surface area contributed by atoms with Crippen molar-refractivity contribution in [2.45, 2.75) is 13.8 Å². The van der Waals surface area contributed by atoms with Crippen LogP contribution in [0.15, 0.2) is 24.3 Å². The van der Waals surface area contributed by atoms with E-state index in [-0.39, 0.29) is 1.43 Å². The molecule has 0 aliphatic carbocycles. The first-order chi connectivity index (χ1) is 4.83. The fourth-order valence-electron chi connectivity index (χ4n) is 0.876. The highest BCUT2D eigenvalue weighted by Crippen LogP contribution is 2.07. The molecule has 0 heterocycles. The average Bonchev–Trinajstić information content (AvgIpc) is 1.95. The van der Waals surface area contributed by atoms with Crippen molar-refractivity contribution >= 4 is 5.69 Å². The summed E-state index contributed by atoms with van der Waals surface area (Å²) in [6.45, 7) is 5.18. The maximum absolute atomic E-state index is 3.23. The van der Waals surface area contributed by atoms with E-state index in [0.29, 0.717) is 0 Å². The highest BCUT2D eigenvalue weighted by atomic mass is 14.8. The van der Waals surface area contributed by atoms with Gasteiger partial charge in [-0.15, -0.1) is 0 Å². The van der Waals surface area contributed by atoms with E-state index < -0.39 is 0 Å². The molecule has 0 saturated heterocycles. The van der Waals surface area contributed by atoms with Crippen LogP contribution in [0.4, 0.5) is 5.69 Å². The second kappa shape index (κ2) is 3.25. The van der Waals surface area contributed by atoms with Crippen molar-refractivity contribution in [2.24, 2.45) is 0 Å². The predicted molar refractivity (Wildman–Crippen MR) is 47.5 cm³/mol. The Morgan fingerprint density at radius 2 is 1.90 bits per heavy atom. The molecule has 10 heavy (non-hydrogen) atoms. The molecule has 0 spiro atoms. The van der Waals surface area contributed by atoms with Gasteiger partial charge in [0, 0.05) is 13.7 Å². The third kappa shape index (κ3) is 1.76. The standard InChI is InChI=1S/C9H13N.H2/c1-3-10-9-6-4-8(2)5-7-9;/h4-7,10H,3H2,1-2H3;1H. The molecule has 0 unspecified atom stereocenters. The second-order valence-electron chi connectivity index (χ2n) is 2.40. The average molecular weight is 137 g/mol. The summed E-state index contributed by atoms with van der Waals surface area (Å²) in [4.78, 5) is 0. The van der Waals surface area contributed by atoms with Crippen molar-refractivity contribution < 1.29 is 1.43 Å². The van der Waals surface area contributed by atoms with Gasteiger partial charge in [0.15, 0.2) is 0 Å². The van der Waals surface area contributed by atoms with Crippen LogP contribution >= 0.6 is 0 Å². The molecule has 0 fully saturated rings. The van der Waals surface area contributed by atoms with Crippen molar-refractivity contribution in [3.05, 3.63) is 29.8 Å². The molecule has 0 amide bonds. The van der Waals surface area contributed by atoms with Crippen molar-refractivity contribution in [3.63, 3.8) is 0 Å². The number of hydrogen-bond donors (Lipinski definition) is 1. The van der Waals surface area contributed by atoms with E-state index >= 15 is 0 Å². The van der Waals surface area contributed by atoms with Gasteiger partial charge in [0.1, 0.15) is 0 Å². The summed E-state index contributed by atoms with van der Waals surface area (Å²) in [6.07, 6.45) is 0. The van der Waals surface area contributed by atoms with Crippen molar-refractivity contribution in [3.8, 4) is 0 Å². The van der Waals surface area contributed by atoms with E-state index in [0.717, 1.165) is 6.54 Å². The smallest absolute Gasteiger partial charge is 0.0340 e. The lowest BCUT2D eigenvalue weighted by molar-refractivity contribution is 1.21. The van der Waals surface area contributed by atoms with Gasteiger partial charge in [0.2, 0.25) is 0 Å². The molecule has 0 aliphatic rings. The third-order valence-corrected chi connectivity index (χ3v) is 1.43. The molecule has 0 bridgehead atoms. The lowest BCUT2D eigenvalue weighted by Crippen LogP contribution is -1.95. The van der Waals surface area contributed by atoms with Crippen LogP contribution < -0.4 is 5.32 Å². The Balaban J connectivity index is 0.000001000. The lowest BCUT2D eigenvalue weighted by Gasteiger charge is -2.01. The third-order valence-electron chi connectivity index (χ3n) is 1.43. The molecule has 0 radical (unpaired) electrons. The topological polar surface area (TPSA) is 12.0 Å². The van der Waals surface area contributed by atoms with E-state index in [1.165, 1.54) is 11.3 Å². The molecule has 1 aromatic rings. The van der Waals surface area contributed by atoms with Gasteiger partial charge < -0.3 is 5.32 Å². The number of nitrogens with one attached hydrogen (secondary N) is 1. The van der Waals surface area contributed by atoms with E-state index in [2.05, 4.69) is 43.4 Å². The minimum absolute atomic E-state index is 0. The van der Waals surface area contributed by atoms with Gasteiger partial charge in [-0.2, -0.15) is 0 Å². The second-order valence-corrected chi connectivity index (χ2v) is 2.40. The summed E-state index contributed by atoms with van der Waals surface area (Å²) in [6, 6.07) is 8.41. The van der Waals surface area contributed by atoms with Crippen LogP contribution in [0.25, 0.3) is 0 Å². The van der Waals surface area contributed by atoms with Crippen LogP contribution in [0, 0.1) is 6.92 Å². The lowest BCUT2D eigenvalue weighted by atomic mass is 10.2. The largest absolute Gasteiger partial charge is 0.385 e. The summed E-state index contributed by atoms with van der Waals surface area (Å²) >= 11 is 0. The number of hydrogen-bond acceptors (Lipinski definition) is 1. The minimum Gasteiger partial charge on any atom is -0.385 e. The van der Waals surface area contributed by atoms with E-state index in [4.69, 9.17) is 0 Å². The van der Waals surface area contributed by atoms with Gasteiger partial charge in [0.05, 0.1) is 0 Å². The van der Waals surface area contributed by atoms with Gasteiger partial charge in [0.25, 0.3) is 0 Å². The monoisotopic (exact) mass is 137 g/mol. The summed E-state index contributed by atoms with van der Waals surface area (Å²) in [5, 5.41) is 3.23. The fraction of sp³-hybridized carbons (Fsp3) is 0.333. The van der Waals surface area contributed by atoms with Crippen molar-refractivity contribution in [1.82, 2.24) is 0 Å². The Kier molecular flexibility index (Phi) is 2.32. The highest BCUT2D eigenvalue weighted by Gasteiger charge is 1.86. The van der Waals surface area contributed by atoms with Crippen molar-refractivity contribution in [1.29, 1.82) is 0 Å². The normalized spacial score (nSPS) is 9.40. The van der Waals surface area contributed by atoms with Crippen LogP contribution in [-0.2, 0) is 0 Å². The first-order valence-electron chi connectivity index (χ1n) is 3.63. The van der Waals surface area contributed by atoms with E-state index in [1.807, 2.05) is 0 Å². The summed E-state index contributed by atoms with van der Waals surface area (Å²) in [5.74, 6) is 0. The van der Waals surface area contributed by atoms with E-state index in [9.17, 15) is 0 Å². The molecule has 0 aromatic heterocycles. The van der Waals surface area contributed by atoms with Crippen molar-refractivity contribution in [2.75, 3.05) is 11.9 Å². The Bertz CT molecular complexity index is 193. The maximum atomic E-state index is 3.23. The molecule has 1 N–H and O–H groups in total. The zero-order valence-electron chi connectivity index (χ0n) is 6.52. The summed E-state index contributed by atoms with van der Waals surface area (Å²) in [5.41, 5.74) is 2.51. The molecular weight excluding hydrogens is 122 g/mol. The molecule has 1 rings (SSSR count). The zero-order chi connectivity index (χ0) is 7.40. The number of anilines is 1. The quantitative estimate of drug-likeness (QED) is 0.660. The van der Waals surface area contributed by atoms with Crippen LogP contribution in [0.3, 0.4) is 0 Å². The minimum atomic E-state index is 0. The highest BCUT2D eigenvalue weighted by molar-refractivity contribution is 5.43. The van der Waals surface area contributed by atoms with Gasteiger partial charge in [-0.3, -0.25) is 0 Å². The van der Waals surface area contributed by atoms with Gasteiger partial charge in [-0.1, -0.05) is 17.7 Å². The predicted octanol–water partition coefficient (Wildman–Crippen LogP) is 2.67. The molecule has 0 aliphatic heterocycles. The molecule has 1 aromatic carbocycles.